The van der Waals surface area contributed by atoms with Crippen LogP contribution in [0.1, 0.15) is 83.2 Å². The molecule has 0 unspecified atom stereocenters. The van der Waals surface area contributed by atoms with E-state index >= 15 is 0 Å². The van der Waals surface area contributed by atoms with Crippen molar-refractivity contribution < 1.29 is 13.8 Å². The largest absolute Gasteiger partial charge is 0.356 e. The van der Waals surface area contributed by atoms with Gasteiger partial charge in [0.2, 0.25) is 17.7 Å². The van der Waals surface area contributed by atoms with Crippen molar-refractivity contribution in [3.8, 4) is 0 Å². The molecule has 8 nitrogen and oxygen atoms in total. The predicted octanol–water partition coefficient (Wildman–Crippen LogP) is 2.95. The number of carbonyl (C=O) groups excluding carboxylic acids is 1. The van der Waals surface area contributed by atoms with Gasteiger partial charge in [0, 0.05) is 37.1 Å². The molecule has 26 heavy (non-hydrogen) atoms. The number of hydrogen-bond acceptors (Lipinski definition) is 7. The third kappa shape index (κ3) is 6.24. The first-order valence-corrected chi connectivity index (χ1v) is 9.18. The molecule has 0 aromatic carbocycles. The molecule has 0 saturated heterocycles. The maximum atomic E-state index is 11.9. The lowest BCUT2D eigenvalue weighted by Gasteiger charge is -2.10. The molecular weight excluding hydrogens is 334 g/mol. The summed E-state index contributed by atoms with van der Waals surface area (Å²) in [6.45, 7) is 10.7. The Balaban J connectivity index is 1.59. The van der Waals surface area contributed by atoms with E-state index in [0.29, 0.717) is 49.8 Å². The van der Waals surface area contributed by atoms with Crippen LogP contribution >= 0.6 is 0 Å². The zero-order chi connectivity index (χ0) is 19.2. The van der Waals surface area contributed by atoms with Gasteiger partial charge in [0.05, 0.1) is 0 Å². The highest BCUT2D eigenvalue weighted by Gasteiger charge is 2.20. The molecule has 8 heteroatoms. The van der Waals surface area contributed by atoms with E-state index in [-0.39, 0.29) is 17.2 Å². The van der Waals surface area contributed by atoms with Crippen molar-refractivity contribution in [3.05, 3.63) is 23.4 Å². The number of hydrogen-bond donors (Lipinski definition) is 1. The van der Waals surface area contributed by atoms with E-state index < -0.39 is 0 Å². The smallest absolute Gasteiger partial charge is 0.226 e. The molecule has 0 aliphatic rings. The van der Waals surface area contributed by atoms with E-state index in [4.69, 9.17) is 9.05 Å². The van der Waals surface area contributed by atoms with Crippen molar-refractivity contribution in [2.75, 3.05) is 6.54 Å². The second-order valence-electron chi connectivity index (χ2n) is 7.77. The minimum atomic E-state index is -0.132. The average molecular weight is 363 g/mol. The first-order valence-electron chi connectivity index (χ1n) is 9.18. The van der Waals surface area contributed by atoms with Gasteiger partial charge < -0.3 is 14.4 Å². The summed E-state index contributed by atoms with van der Waals surface area (Å²) in [6.07, 6.45) is 3.16. The van der Waals surface area contributed by atoms with Gasteiger partial charge in [-0.3, -0.25) is 4.79 Å². The van der Waals surface area contributed by atoms with Crippen molar-refractivity contribution in [1.82, 2.24) is 25.6 Å². The topological polar surface area (TPSA) is 107 Å². The van der Waals surface area contributed by atoms with Crippen LogP contribution in [0.3, 0.4) is 0 Å². The SMILES string of the molecule is CC(C)c1noc(CCCNC(=O)CCCc2nc(C(C)(C)C)no2)n1. The Hall–Kier alpha value is -2.25. The number of carbonyl (C=O) groups is 1. The summed E-state index contributed by atoms with van der Waals surface area (Å²) in [6, 6.07) is 0. The fourth-order valence-electron chi connectivity index (χ4n) is 2.22. The second-order valence-corrected chi connectivity index (χ2v) is 7.77. The molecule has 2 aromatic heterocycles. The Morgan fingerprint density at radius 1 is 1.04 bits per heavy atom. The molecule has 0 spiro atoms. The molecule has 0 saturated carbocycles. The molecule has 2 heterocycles. The minimum absolute atomic E-state index is 0.0222. The van der Waals surface area contributed by atoms with Crippen LogP contribution in [0.2, 0.25) is 0 Å². The number of aryl methyl sites for hydroxylation is 2. The molecule has 0 radical (unpaired) electrons. The van der Waals surface area contributed by atoms with Crippen LogP contribution in [0.15, 0.2) is 9.05 Å². The highest BCUT2D eigenvalue weighted by Crippen LogP contribution is 2.18. The van der Waals surface area contributed by atoms with Crippen LogP contribution in [-0.4, -0.2) is 32.7 Å². The van der Waals surface area contributed by atoms with Crippen molar-refractivity contribution in [2.24, 2.45) is 0 Å². The van der Waals surface area contributed by atoms with Gasteiger partial charge in [-0.1, -0.05) is 44.9 Å². The number of amides is 1. The van der Waals surface area contributed by atoms with E-state index in [1.54, 1.807) is 0 Å². The first kappa shape index (κ1) is 20.1. The predicted molar refractivity (Wildman–Crippen MR) is 95.7 cm³/mol. The summed E-state index contributed by atoms with van der Waals surface area (Å²) in [5, 5.41) is 10.8. The fraction of sp³-hybridized carbons (Fsp3) is 0.722. The monoisotopic (exact) mass is 363 g/mol. The van der Waals surface area contributed by atoms with Gasteiger partial charge in [-0.05, 0) is 12.8 Å². The van der Waals surface area contributed by atoms with Crippen LogP contribution in [-0.2, 0) is 23.1 Å². The molecular formula is C18H29N5O3. The Kier molecular flexibility index (Phi) is 6.88. The summed E-state index contributed by atoms with van der Waals surface area (Å²) in [5.74, 6) is 2.90. The van der Waals surface area contributed by atoms with E-state index in [1.165, 1.54) is 0 Å². The van der Waals surface area contributed by atoms with Gasteiger partial charge in [0.1, 0.15) is 0 Å². The normalized spacial score (nSPS) is 11.9. The Labute approximate surface area is 154 Å². The first-order chi connectivity index (χ1) is 12.3. The molecule has 0 aliphatic heterocycles. The number of rotatable bonds is 9. The standard InChI is InChI=1S/C18H29N5O3/c1-12(2)16-20-14(25-22-16)10-7-11-19-13(24)8-6-9-15-21-17(23-26-15)18(3,4)5/h12H,6-11H2,1-5H3,(H,19,24). The van der Waals surface area contributed by atoms with Crippen molar-refractivity contribution in [3.63, 3.8) is 0 Å². The number of nitrogens with zero attached hydrogens (tertiary/aromatic N) is 4. The summed E-state index contributed by atoms with van der Waals surface area (Å²) < 4.78 is 10.4. The molecule has 0 atom stereocenters. The van der Waals surface area contributed by atoms with Crippen molar-refractivity contribution in [1.29, 1.82) is 0 Å². The number of aromatic nitrogens is 4. The zero-order valence-electron chi connectivity index (χ0n) is 16.3. The summed E-state index contributed by atoms with van der Waals surface area (Å²) >= 11 is 0. The number of nitrogens with one attached hydrogen (secondary N) is 1. The Bertz CT molecular complexity index is 700. The second kappa shape index (κ2) is 8.91. The van der Waals surface area contributed by atoms with Crippen LogP contribution in [0.5, 0.6) is 0 Å². The molecule has 2 rings (SSSR count). The minimum Gasteiger partial charge on any atom is -0.356 e. The van der Waals surface area contributed by atoms with E-state index in [1.807, 2.05) is 34.6 Å². The van der Waals surface area contributed by atoms with Gasteiger partial charge in [-0.25, -0.2) is 0 Å². The zero-order valence-corrected chi connectivity index (χ0v) is 16.3. The third-order valence-electron chi connectivity index (χ3n) is 3.82. The Morgan fingerprint density at radius 2 is 1.69 bits per heavy atom. The van der Waals surface area contributed by atoms with Gasteiger partial charge in [-0.2, -0.15) is 9.97 Å². The van der Waals surface area contributed by atoms with Gasteiger partial charge in [0.25, 0.3) is 0 Å². The molecule has 1 N–H and O–H groups in total. The highest BCUT2D eigenvalue weighted by molar-refractivity contribution is 5.75. The highest BCUT2D eigenvalue weighted by atomic mass is 16.5. The Morgan fingerprint density at radius 3 is 2.31 bits per heavy atom. The molecule has 144 valence electrons. The van der Waals surface area contributed by atoms with Gasteiger partial charge >= 0.3 is 0 Å². The van der Waals surface area contributed by atoms with E-state index in [0.717, 1.165) is 12.2 Å². The van der Waals surface area contributed by atoms with Gasteiger partial charge in [0.15, 0.2) is 11.6 Å². The van der Waals surface area contributed by atoms with E-state index in [2.05, 4.69) is 25.6 Å². The fourth-order valence-corrected chi connectivity index (χ4v) is 2.22. The van der Waals surface area contributed by atoms with Crippen LogP contribution < -0.4 is 5.32 Å². The lowest BCUT2D eigenvalue weighted by molar-refractivity contribution is -0.121. The lowest BCUT2D eigenvalue weighted by Crippen LogP contribution is -2.24. The average Bonchev–Trinajstić information content (AvgIpc) is 3.20. The van der Waals surface area contributed by atoms with E-state index in [9.17, 15) is 4.79 Å². The summed E-state index contributed by atoms with van der Waals surface area (Å²) in [4.78, 5) is 20.6. The maximum absolute atomic E-state index is 11.9. The third-order valence-corrected chi connectivity index (χ3v) is 3.82. The lowest BCUT2D eigenvalue weighted by atomic mass is 9.96. The molecule has 0 aliphatic carbocycles. The molecule has 1 amide bonds. The van der Waals surface area contributed by atoms with Crippen molar-refractivity contribution in [2.45, 2.75) is 78.1 Å². The van der Waals surface area contributed by atoms with Crippen LogP contribution in [0.4, 0.5) is 0 Å². The molecule has 0 fully saturated rings. The quantitative estimate of drug-likeness (QED) is 0.682. The molecule has 0 bridgehead atoms. The molecule has 2 aromatic rings. The van der Waals surface area contributed by atoms with Crippen LogP contribution in [0.25, 0.3) is 0 Å². The van der Waals surface area contributed by atoms with Gasteiger partial charge in [-0.15, -0.1) is 0 Å². The van der Waals surface area contributed by atoms with Crippen molar-refractivity contribution >= 4 is 5.91 Å². The summed E-state index contributed by atoms with van der Waals surface area (Å²) in [5.41, 5.74) is -0.132. The maximum Gasteiger partial charge on any atom is 0.226 e. The summed E-state index contributed by atoms with van der Waals surface area (Å²) in [7, 11) is 0. The van der Waals surface area contributed by atoms with Crippen LogP contribution in [0, 0.1) is 0 Å².